The van der Waals surface area contributed by atoms with Crippen LogP contribution in [0, 0.1) is 5.41 Å². The van der Waals surface area contributed by atoms with E-state index < -0.39 is 11.4 Å². The van der Waals surface area contributed by atoms with E-state index in [1.807, 2.05) is 24.4 Å². The van der Waals surface area contributed by atoms with Gasteiger partial charge in [0.15, 0.2) is 0 Å². The lowest BCUT2D eigenvalue weighted by Crippen LogP contribution is -2.49. The summed E-state index contributed by atoms with van der Waals surface area (Å²) < 4.78 is 5.19. The maximum absolute atomic E-state index is 11.7. The van der Waals surface area contributed by atoms with Crippen LogP contribution in [0.1, 0.15) is 17.7 Å². The number of methoxy groups -OCH3 is 1. The first-order valence-electron chi connectivity index (χ1n) is 8.08. The van der Waals surface area contributed by atoms with Crippen LogP contribution in [0.15, 0.2) is 36.5 Å². The van der Waals surface area contributed by atoms with E-state index in [9.17, 15) is 9.90 Å². The average Bonchev–Trinajstić information content (AvgIpc) is 3.04. The Hall–Kier alpha value is -1.76. The van der Waals surface area contributed by atoms with Gasteiger partial charge in [0.25, 0.3) is 0 Å². The summed E-state index contributed by atoms with van der Waals surface area (Å²) in [7, 11) is 1.57. The van der Waals surface area contributed by atoms with E-state index in [1.54, 1.807) is 18.4 Å². The Kier molecular flexibility index (Phi) is 5.28. The van der Waals surface area contributed by atoms with Crippen LogP contribution in [-0.2, 0) is 16.1 Å². The molecular weight excluding hydrogens is 324 g/mol. The van der Waals surface area contributed by atoms with Gasteiger partial charge in [0.1, 0.15) is 10.4 Å². The highest BCUT2D eigenvalue weighted by Crippen LogP contribution is 2.33. The Morgan fingerprint density at radius 1 is 1.42 bits per heavy atom. The first-order chi connectivity index (χ1) is 11.6. The van der Waals surface area contributed by atoms with Crippen molar-refractivity contribution >= 4 is 17.3 Å². The smallest absolute Gasteiger partial charge is 0.313 e. The third kappa shape index (κ3) is 3.66. The molecule has 1 fully saturated rings. The Morgan fingerprint density at radius 3 is 2.92 bits per heavy atom. The Bertz CT molecular complexity index is 685. The number of carbonyl (C=O) groups is 1. The highest BCUT2D eigenvalue weighted by atomic mass is 32.1. The number of carboxylic acid groups (broad SMARTS) is 1. The molecule has 6 heteroatoms. The summed E-state index contributed by atoms with van der Waals surface area (Å²) in [6.07, 6.45) is 3.45. The van der Waals surface area contributed by atoms with Crippen molar-refractivity contribution in [1.82, 2.24) is 9.88 Å². The van der Waals surface area contributed by atoms with Crippen molar-refractivity contribution in [2.24, 2.45) is 5.41 Å². The normalized spacial score (nSPS) is 21.7. The number of aromatic nitrogens is 1. The first kappa shape index (κ1) is 17.1. The van der Waals surface area contributed by atoms with Crippen LogP contribution < -0.4 is 0 Å². The quantitative estimate of drug-likeness (QED) is 0.871. The van der Waals surface area contributed by atoms with Crippen molar-refractivity contribution in [2.75, 3.05) is 26.8 Å². The monoisotopic (exact) mass is 346 g/mol. The summed E-state index contributed by atoms with van der Waals surface area (Å²) in [6.45, 7) is 2.44. The van der Waals surface area contributed by atoms with Crippen molar-refractivity contribution in [1.29, 1.82) is 0 Å². The molecule has 0 spiro atoms. The van der Waals surface area contributed by atoms with Gasteiger partial charge in [-0.1, -0.05) is 30.3 Å². The van der Waals surface area contributed by atoms with E-state index in [-0.39, 0.29) is 6.61 Å². The molecular formula is C18H22N2O3S. The molecule has 0 bridgehead atoms. The zero-order valence-electron chi connectivity index (χ0n) is 13.8. The molecule has 2 heterocycles. The fourth-order valence-electron chi connectivity index (χ4n) is 3.31. The highest BCUT2D eigenvalue weighted by molar-refractivity contribution is 7.15. The average molecular weight is 346 g/mol. The number of aliphatic carboxylic acids is 1. The number of carboxylic acids is 1. The molecule has 1 aromatic heterocycles. The largest absolute Gasteiger partial charge is 0.481 e. The zero-order chi connectivity index (χ0) is 17.0. The first-order valence-corrected chi connectivity index (χ1v) is 8.89. The maximum atomic E-state index is 11.7. The number of rotatable bonds is 6. The van der Waals surface area contributed by atoms with Gasteiger partial charge in [-0.05, 0) is 19.4 Å². The number of hydrogen-bond donors (Lipinski definition) is 1. The van der Waals surface area contributed by atoms with E-state index in [4.69, 9.17) is 4.74 Å². The SMILES string of the molecule is COCC1(C(=O)O)CCCN(Cc2cnc(-c3ccccc3)s2)C1. The molecule has 0 aliphatic carbocycles. The molecule has 1 aliphatic rings. The third-order valence-electron chi connectivity index (χ3n) is 4.48. The number of thiazole rings is 1. The number of ether oxygens (including phenoxy) is 1. The highest BCUT2D eigenvalue weighted by Gasteiger charge is 2.42. The molecule has 2 aromatic rings. The minimum atomic E-state index is -0.792. The number of likely N-dealkylation sites (tertiary alicyclic amines) is 1. The lowest BCUT2D eigenvalue weighted by molar-refractivity contribution is -0.157. The van der Waals surface area contributed by atoms with Crippen molar-refractivity contribution in [3.63, 3.8) is 0 Å². The molecule has 1 saturated heterocycles. The van der Waals surface area contributed by atoms with Gasteiger partial charge in [0.05, 0.1) is 6.61 Å². The van der Waals surface area contributed by atoms with Gasteiger partial charge in [0, 0.05) is 36.8 Å². The summed E-state index contributed by atoms with van der Waals surface area (Å²) in [5, 5.41) is 10.6. The molecule has 0 saturated carbocycles. The lowest BCUT2D eigenvalue weighted by atomic mass is 9.80. The van der Waals surface area contributed by atoms with Gasteiger partial charge < -0.3 is 9.84 Å². The molecule has 1 atom stereocenters. The van der Waals surface area contributed by atoms with Crippen LogP contribution in [-0.4, -0.2) is 47.8 Å². The van der Waals surface area contributed by atoms with Crippen molar-refractivity contribution < 1.29 is 14.6 Å². The molecule has 1 unspecified atom stereocenters. The van der Waals surface area contributed by atoms with Gasteiger partial charge in [-0.25, -0.2) is 4.98 Å². The maximum Gasteiger partial charge on any atom is 0.313 e. The predicted octanol–water partition coefficient (Wildman–Crippen LogP) is 3.12. The van der Waals surface area contributed by atoms with Crippen molar-refractivity contribution in [3.05, 3.63) is 41.4 Å². The molecule has 0 amide bonds. The Morgan fingerprint density at radius 2 is 2.21 bits per heavy atom. The molecule has 3 rings (SSSR count). The van der Waals surface area contributed by atoms with Gasteiger partial charge in [-0.3, -0.25) is 9.69 Å². The minimum Gasteiger partial charge on any atom is -0.481 e. The summed E-state index contributed by atoms with van der Waals surface area (Å²) in [4.78, 5) is 19.6. The van der Waals surface area contributed by atoms with E-state index in [0.717, 1.165) is 35.0 Å². The van der Waals surface area contributed by atoms with Crippen LogP contribution in [0.5, 0.6) is 0 Å². The molecule has 128 valence electrons. The van der Waals surface area contributed by atoms with Crippen LogP contribution in [0.25, 0.3) is 10.6 Å². The second-order valence-electron chi connectivity index (χ2n) is 6.33. The summed E-state index contributed by atoms with van der Waals surface area (Å²) in [5.74, 6) is -0.761. The summed E-state index contributed by atoms with van der Waals surface area (Å²) >= 11 is 1.67. The van der Waals surface area contributed by atoms with Crippen molar-refractivity contribution in [2.45, 2.75) is 19.4 Å². The van der Waals surface area contributed by atoms with Gasteiger partial charge >= 0.3 is 5.97 Å². The lowest BCUT2D eigenvalue weighted by Gasteiger charge is -2.39. The minimum absolute atomic E-state index is 0.261. The van der Waals surface area contributed by atoms with Gasteiger partial charge in [-0.2, -0.15) is 0 Å². The van der Waals surface area contributed by atoms with Crippen molar-refractivity contribution in [3.8, 4) is 10.6 Å². The van der Waals surface area contributed by atoms with E-state index in [2.05, 4.69) is 22.0 Å². The van der Waals surface area contributed by atoms with E-state index in [0.29, 0.717) is 13.0 Å². The molecule has 5 nitrogen and oxygen atoms in total. The summed E-state index contributed by atoms with van der Waals surface area (Å²) in [5.41, 5.74) is 0.326. The molecule has 1 N–H and O–H groups in total. The second-order valence-corrected chi connectivity index (χ2v) is 7.45. The van der Waals surface area contributed by atoms with Crippen LogP contribution in [0.4, 0.5) is 0 Å². The Labute approximate surface area is 145 Å². The molecule has 0 radical (unpaired) electrons. The second kappa shape index (κ2) is 7.42. The predicted molar refractivity (Wildman–Crippen MR) is 94.0 cm³/mol. The summed E-state index contributed by atoms with van der Waals surface area (Å²) in [6, 6.07) is 10.1. The van der Waals surface area contributed by atoms with E-state index in [1.165, 1.54) is 0 Å². The Balaban J connectivity index is 1.70. The van der Waals surface area contributed by atoms with Gasteiger partial charge in [-0.15, -0.1) is 11.3 Å². The molecule has 1 aromatic carbocycles. The van der Waals surface area contributed by atoms with Crippen LogP contribution >= 0.6 is 11.3 Å². The number of piperidine rings is 1. The number of nitrogens with zero attached hydrogens (tertiary/aromatic N) is 2. The van der Waals surface area contributed by atoms with E-state index >= 15 is 0 Å². The van der Waals surface area contributed by atoms with Crippen LogP contribution in [0.2, 0.25) is 0 Å². The fourth-order valence-corrected chi connectivity index (χ4v) is 4.27. The number of hydrogen-bond acceptors (Lipinski definition) is 5. The topological polar surface area (TPSA) is 62.7 Å². The zero-order valence-corrected chi connectivity index (χ0v) is 14.6. The molecule has 1 aliphatic heterocycles. The van der Waals surface area contributed by atoms with Gasteiger partial charge in [0.2, 0.25) is 0 Å². The number of benzene rings is 1. The fraction of sp³-hybridized carbons (Fsp3) is 0.444. The standard InChI is InChI=1S/C18H22N2O3S/c1-23-13-18(17(21)22)8-5-9-20(12-18)11-15-10-19-16(24-15)14-6-3-2-4-7-14/h2-4,6-7,10H,5,8-9,11-13H2,1H3,(H,21,22). The van der Waals surface area contributed by atoms with Crippen LogP contribution in [0.3, 0.4) is 0 Å². The third-order valence-corrected chi connectivity index (χ3v) is 5.52. The molecule has 24 heavy (non-hydrogen) atoms.